The highest BCUT2D eigenvalue weighted by atomic mass is 19.1. The maximum atomic E-state index is 13.8. The second-order valence-corrected chi connectivity index (χ2v) is 7.37. The van der Waals surface area contributed by atoms with Gasteiger partial charge in [0.15, 0.2) is 6.23 Å². The Bertz CT molecular complexity index is 1030. The van der Waals surface area contributed by atoms with Crippen molar-refractivity contribution in [3.05, 3.63) is 68.5 Å². The lowest BCUT2D eigenvalue weighted by Crippen LogP contribution is -2.48. The predicted octanol–water partition coefficient (Wildman–Crippen LogP) is 1.90. The molecule has 0 fully saturated rings. The summed E-state index contributed by atoms with van der Waals surface area (Å²) in [6.07, 6.45) is -1.43. The number of ether oxygens (including phenoxy) is 3. The summed E-state index contributed by atoms with van der Waals surface area (Å²) in [5.41, 5.74) is -2.35. The highest BCUT2D eigenvalue weighted by Crippen LogP contribution is 2.24. The van der Waals surface area contributed by atoms with Gasteiger partial charge in [-0.25, -0.2) is 14.0 Å². The van der Waals surface area contributed by atoms with Crippen LogP contribution in [-0.2, 0) is 19.0 Å². The molecule has 168 valence electrons. The van der Waals surface area contributed by atoms with Crippen LogP contribution in [0.15, 0.2) is 46.1 Å². The smallest absolute Gasteiger partial charge is 0.338 e. The fourth-order valence-electron chi connectivity index (χ4n) is 2.81. The number of aromatic amines is 1. The van der Waals surface area contributed by atoms with Crippen LogP contribution in [0.25, 0.3) is 0 Å². The first-order chi connectivity index (χ1) is 14.5. The zero-order valence-electron chi connectivity index (χ0n) is 17.7. The molecule has 1 unspecified atom stereocenters. The molecular formula is C21H25FN2O7. The number of hydrogen-bond donors (Lipinski definition) is 1. The van der Waals surface area contributed by atoms with Crippen LogP contribution in [0.1, 0.15) is 42.9 Å². The highest BCUT2D eigenvalue weighted by molar-refractivity contribution is 5.89. The fraction of sp³-hybridized carbons (Fsp3) is 0.429. The summed E-state index contributed by atoms with van der Waals surface area (Å²) in [6, 6.07) is 8.18. The van der Waals surface area contributed by atoms with Crippen LogP contribution >= 0.6 is 0 Å². The van der Waals surface area contributed by atoms with Gasteiger partial charge in [-0.3, -0.25) is 19.1 Å². The molecule has 2 atom stereocenters. The van der Waals surface area contributed by atoms with Crippen molar-refractivity contribution in [3.63, 3.8) is 0 Å². The van der Waals surface area contributed by atoms with Crippen LogP contribution < -0.4 is 11.2 Å². The molecule has 31 heavy (non-hydrogen) atoms. The topological polar surface area (TPSA) is 117 Å². The first-order valence-electron chi connectivity index (χ1n) is 9.50. The summed E-state index contributed by atoms with van der Waals surface area (Å²) in [7, 11) is 0. The predicted molar refractivity (Wildman–Crippen MR) is 109 cm³/mol. The van der Waals surface area contributed by atoms with Crippen molar-refractivity contribution in [2.24, 2.45) is 0 Å². The molecule has 0 amide bonds. The number of carbonyl (C=O) groups excluding carboxylic acids is 2. The van der Waals surface area contributed by atoms with E-state index in [9.17, 15) is 23.6 Å². The standard InChI is InChI=1S/C21H25FN2O7/c1-13-11-24(20(28)23-18(13)26)17(10-22)30-16(21(3,4)31-14(2)25)12-29-19(27)15-8-6-5-7-9-15/h5-9,11,16-17H,10,12H2,1-4H3,(H,23,26,28)/t16-,17?/m1/s1. The summed E-state index contributed by atoms with van der Waals surface area (Å²) < 4.78 is 31.0. The summed E-state index contributed by atoms with van der Waals surface area (Å²) in [6.45, 7) is 4.13. The van der Waals surface area contributed by atoms with E-state index >= 15 is 0 Å². The van der Waals surface area contributed by atoms with Gasteiger partial charge in [0.05, 0.1) is 5.56 Å². The van der Waals surface area contributed by atoms with Crippen LogP contribution in [0.4, 0.5) is 4.39 Å². The third-order valence-corrected chi connectivity index (χ3v) is 4.47. The molecule has 0 saturated heterocycles. The Morgan fingerprint density at radius 2 is 1.84 bits per heavy atom. The lowest BCUT2D eigenvalue weighted by atomic mass is 10.0. The SMILES string of the molecule is CC(=O)OC(C)(C)[C@@H](COC(=O)c1ccccc1)OC(CF)n1cc(C)c(=O)[nH]c1=O. The number of aromatic nitrogens is 2. The number of H-pyrrole nitrogens is 1. The summed E-state index contributed by atoms with van der Waals surface area (Å²) in [5, 5.41) is 0. The van der Waals surface area contributed by atoms with E-state index in [1.165, 1.54) is 27.7 Å². The van der Waals surface area contributed by atoms with E-state index in [0.29, 0.717) is 5.56 Å². The highest BCUT2D eigenvalue weighted by Gasteiger charge is 2.37. The zero-order chi connectivity index (χ0) is 23.2. The van der Waals surface area contributed by atoms with E-state index in [4.69, 9.17) is 14.2 Å². The Hall–Kier alpha value is -3.27. The summed E-state index contributed by atoms with van der Waals surface area (Å²) >= 11 is 0. The van der Waals surface area contributed by atoms with Crippen molar-refractivity contribution in [1.29, 1.82) is 0 Å². The third kappa shape index (κ3) is 6.35. The van der Waals surface area contributed by atoms with Gasteiger partial charge < -0.3 is 14.2 Å². The molecule has 0 spiro atoms. The molecule has 10 heteroatoms. The number of alkyl halides is 1. The van der Waals surface area contributed by atoms with E-state index in [1.54, 1.807) is 30.3 Å². The van der Waals surface area contributed by atoms with Crippen LogP contribution in [0.3, 0.4) is 0 Å². The van der Waals surface area contributed by atoms with Crippen molar-refractivity contribution >= 4 is 11.9 Å². The quantitative estimate of drug-likeness (QED) is 0.597. The number of benzene rings is 1. The van der Waals surface area contributed by atoms with E-state index in [1.807, 2.05) is 0 Å². The molecule has 0 bridgehead atoms. The van der Waals surface area contributed by atoms with Crippen molar-refractivity contribution < 1.29 is 28.2 Å². The van der Waals surface area contributed by atoms with Crippen molar-refractivity contribution in [1.82, 2.24) is 9.55 Å². The van der Waals surface area contributed by atoms with Gasteiger partial charge in [-0.2, -0.15) is 0 Å². The van der Waals surface area contributed by atoms with Gasteiger partial charge in [-0.1, -0.05) is 18.2 Å². The Balaban J connectivity index is 2.30. The molecule has 1 N–H and O–H groups in total. The second kappa shape index (κ2) is 10.2. The molecule has 9 nitrogen and oxygen atoms in total. The minimum atomic E-state index is -1.46. The van der Waals surface area contributed by atoms with Gasteiger partial charge >= 0.3 is 17.6 Å². The number of rotatable bonds is 9. The zero-order valence-corrected chi connectivity index (χ0v) is 17.7. The average Bonchev–Trinajstić information content (AvgIpc) is 2.70. The fourth-order valence-corrected chi connectivity index (χ4v) is 2.81. The number of nitrogens with one attached hydrogen (secondary N) is 1. The Kier molecular flexibility index (Phi) is 7.87. The van der Waals surface area contributed by atoms with Gasteiger partial charge in [0, 0.05) is 18.7 Å². The van der Waals surface area contributed by atoms with Gasteiger partial charge in [0.1, 0.15) is 25.0 Å². The Morgan fingerprint density at radius 1 is 1.19 bits per heavy atom. The number of nitrogens with zero attached hydrogens (tertiary/aromatic N) is 1. The molecule has 1 aromatic carbocycles. The van der Waals surface area contributed by atoms with Gasteiger partial charge in [-0.05, 0) is 32.9 Å². The van der Waals surface area contributed by atoms with Crippen LogP contribution in [0.5, 0.6) is 0 Å². The van der Waals surface area contributed by atoms with Crippen LogP contribution in [0, 0.1) is 6.92 Å². The van der Waals surface area contributed by atoms with Crippen LogP contribution in [0.2, 0.25) is 0 Å². The molecule has 1 heterocycles. The number of carbonyl (C=O) groups is 2. The lowest BCUT2D eigenvalue weighted by Gasteiger charge is -2.35. The summed E-state index contributed by atoms with van der Waals surface area (Å²) in [4.78, 5) is 49.7. The van der Waals surface area contributed by atoms with Gasteiger partial charge in [-0.15, -0.1) is 0 Å². The molecule has 0 aliphatic carbocycles. The Labute approximate surface area is 177 Å². The molecule has 0 aliphatic rings. The van der Waals surface area contributed by atoms with Crippen molar-refractivity contribution in [2.45, 2.75) is 45.6 Å². The van der Waals surface area contributed by atoms with Gasteiger partial charge in [0.2, 0.25) is 0 Å². The minimum Gasteiger partial charge on any atom is -0.459 e. The number of aryl methyl sites for hydroxylation is 1. The van der Waals surface area contributed by atoms with E-state index in [0.717, 1.165) is 10.8 Å². The molecule has 0 saturated carbocycles. The van der Waals surface area contributed by atoms with E-state index in [-0.39, 0.29) is 12.2 Å². The van der Waals surface area contributed by atoms with Crippen molar-refractivity contribution in [2.75, 3.05) is 13.3 Å². The molecule has 2 aromatic rings. The maximum Gasteiger partial charge on any atom is 0.338 e. The first kappa shape index (κ1) is 24.0. The van der Waals surface area contributed by atoms with E-state index in [2.05, 4.69) is 4.98 Å². The molecular weight excluding hydrogens is 411 g/mol. The van der Waals surface area contributed by atoms with Crippen LogP contribution in [-0.4, -0.2) is 46.5 Å². The summed E-state index contributed by atoms with van der Waals surface area (Å²) in [5.74, 6) is -1.27. The van der Waals surface area contributed by atoms with Crippen molar-refractivity contribution in [3.8, 4) is 0 Å². The molecule has 1 aromatic heterocycles. The largest absolute Gasteiger partial charge is 0.459 e. The second-order valence-electron chi connectivity index (χ2n) is 7.37. The maximum absolute atomic E-state index is 13.8. The monoisotopic (exact) mass is 436 g/mol. The lowest BCUT2D eigenvalue weighted by molar-refractivity contribution is -0.191. The van der Waals surface area contributed by atoms with E-state index < -0.39 is 47.8 Å². The molecule has 0 aliphatic heterocycles. The average molecular weight is 436 g/mol. The number of esters is 2. The first-order valence-corrected chi connectivity index (χ1v) is 9.50. The minimum absolute atomic E-state index is 0.174. The normalized spacial score (nSPS) is 13.3. The number of hydrogen-bond acceptors (Lipinski definition) is 7. The van der Waals surface area contributed by atoms with Gasteiger partial charge in [0.25, 0.3) is 5.56 Å². The number of halogens is 1. The molecule has 0 radical (unpaired) electrons. The Morgan fingerprint density at radius 3 is 2.42 bits per heavy atom. The third-order valence-electron chi connectivity index (χ3n) is 4.47. The molecule has 2 rings (SSSR count).